The predicted molar refractivity (Wildman–Crippen MR) is 113 cm³/mol. The van der Waals surface area contributed by atoms with E-state index in [0.29, 0.717) is 10.8 Å². The highest BCUT2D eigenvalue weighted by Crippen LogP contribution is 2.23. The first kappa shape index (κ1) is 18.2. The highest BCUT2D eigenvalue weighted by molar-refractivity contribution is 6.30. The summed E-state index contributed by atoms with van der Waals surface area (Å²) < 4.78 is 1.90. The van der Waals surface area contributed by atoms with Gasteiger partial charge >= 0.3 is 0 Å². The van der Waals surface area contributed by atoms with Crippen molar-refractivity contribution >= 4 is 23.1 Å². The van der Waals surface area contributed by atoms with E-state index in [1.165, 1.54) is 5.56 Å². The molecule has 0 aliphatic rings. The molecule has 0 aliphatic carbocycles. The van der Waals surface area contributed by atoms with Crippen molar-refractivity contribution in [2.75, 3.05) is 5.32 Å². The van der Waals surface area contributed by atoms with E-state index in [1.807, 2.05) is 59.4 Å². The fourth-order valence-corrected chi connectivity index (χ4v) is 3.11. The highest BCUT2D eigenvalue weighted by atomic mass is 35.5. The zero-order chi connectivity index (χ0) is 19.3. The maximum atomic E-state index is 6.13. The molecule has 0 bridgehead atoms. The van der Waals surface area contributed by atoms with Crippen LogP contribution < -0.4 is 5.32 Å². The van der Waals surface area contributed by atoms with Crippen molar-refractivity contribution in [3.05, 3.63) is 89.3 Å². The van der Waals surface area contributed by atoms with Gasteiger partial charge in [-0.2, -0.15) is 5.10 Å². The van der Waals surface area contributed by atoms with Gasteiger partial charge < -0.3 is 5.32 Å². The fourth-order valence-electron chi connectivity index (χ4n) is 2.92. The van der Waals surface area contributed by atoms with E-state index in [9.17, 15) is 0 Å². The largest absolute Gasteiger partial charge is 0.340 e. The van der Waals surface area contributed by atoms with Crippen molar-refractivity contribution in [2.24, 2.45) is 0 Å². The molecule has 140 valence electrons. The molecule has 0 fully saturated rings. The molecule has 2 heterocycles. The number of hydrogen-bond donors (Lipinski definition) is 1. The van der Waals surface area contributed by atoms with Gasteiger partial charge in [-0.25, -0.2) is 9.97 Å². The van der Waals surface area contributed by atoms with Crippen molar-refractivity contribution in [1.82, 2.24) is 19.7 Å². The Kier molecular flexibility index (Phi) is 5.35. The Morgan fingerprint density at radius 2 is 1.86 bits per heavy atom. The van der Waals surface area contributed by atoms with Crippen LogP contribution in [0.2, 0.25) is 5.02 Å². The lowest BCUT2D eigenvalue weighted by Gasteiger charge is -2.11. The second-order valence-electron chi connectivity index (χ2n) is 6.46. The van der Waals surface area contributed by atoms with Crippen LogP contribution in [-0.2, 0) is 13.0 Å². The van der Waals surface area contributed by atoms with Crippen LogP contribution in [0.4, 0.5) is 11.5 Å². The second-order valence-corrected chi connectivity index (χ2v) is 6.89. The van der Waals surface area contributed by atoms with Crippen molar-refractivity contribution in [3.63, 3.8) is 0 Å². The van der Waals surface area contributed by atoms with Gasteiger partial charge in [-0.1, -0.05) is 42.8 Å². The number of aryl methyl sites for hydroxylation is 1. The topological polar surface area (TPSA) is 55.6 Å². The van der Waals surface area contributed by atoms with Crippen molar-refractivity contribution < 1.29 is 0 Å². The van der Waals surface area contributed by atoms with Gasteiger partial charge in [0.2, 0.25) is 0 Å². The number of aromatic nitrogens is 4. The van der Waals surface area contributed by atoms with Gasteiger partial charge in [0.1, 0.15) is 5.82 Å². The molecule has 5 nitrogen and oxygen atoms in total. The summed E-state index contributed by atoms with van der Waals surface area (Å²) in [5.74, 6) is 1.43. The van der Waals surface area contributed by atoms with Crippen molar-refractivity contribution in [1.29, 1.82) is 0 Å². The molecule has 0 unspecified atom stereocenters. The van der Waals surface area contributed by atoms with E-state index in [-0.39, 0.29) is 0 Å². The summed E-state index contributed by atoms with van der Waals surface area (Å²) >= 11 is 6.13. The molecule has 1 N–H and O–H groups in total. The van der Waals surface area contributed by atoms with E-state index in [0.717, 1.165) is 35.7 Å². The zero-order valence-electron chi connectivity index (χ0n) is 15.5. The molecule has 0 saturated carbocycles. The number of rotatable bonds is 6. The molecular weight excluding hydrogens is 370 g/mol. The van der Waals surface area contributed by atoms with Gasteiger partial charge in [-0.15, -0.1) is 0 Å². The minimum Gasteiger partial charge on any atom is -0.340 e. The normalized spacial score (nSPS) is 10.8. The van der Waals surface area contributed by atoms with Gasteiger partial charge in [-0.05, 0) is 42.3 Å². The van der Waals surface area contributed by atoms with Crippen LogP contribution in [0.1, 0.15) is 18.2 Å². The Morgan fingerprint density at radius 3 is 2.57 bits per heavy atom. The molecule has 0 radical (unpaired) electrons. The molecule has 6 heteroatoms. The highest BCUT2D eigenvalue weighted by Gasteiger charge is 2.07. The molecule has 28 heavy (non-hydrogen) atoms. The Labute approximate surface area is 169 Å². The SMILES string of the molecule is CCc1cc(Nc2ccc(Cn3cccn3)cc2)nc(-c2cccc(Cl)c2)n1. The molecule has 0 aliphatic heterocycles. The number of anilines is 2. The smallest absolute Gasteiger partial charge is 0.161 e. The van der Waals surface area contributed by atoms with Gasteiger partial charge in [0.05, 0.1) is 6.54 Å². The first-order chi connectivity index (χ1) is 13.7. The summed E-state index contributed by atoms with van der Waals surface area (Å²) in [7, 11) is 0. The average Bonchev–Trinajstić information content (AvgIpc) is 3.22. The van der Waals surface area contributed by atoms with Crippen LogP contribution in [0.25, 0.3) is 11.4 Å². The minimum atomic E-state index is 0.666. The van der Waals surface area contributed by atoms with Crippen LogP contribution >= 0.6 is 11.6 Å². The van der Waals surface area contributed by atoms with Gasteiger partial charge in [-0.3, -0.25) is 4.68 Å². The maximum Gasteiger partial charge on any atom is 0.161 e. The second kappa shape index (κ2) is 8.23. The van der Waals surface area contributed by atoms with Gasteiger partial charge in [0, 0.05) is 40.4 Å². The third-order valence-corrected chi connectivity index (χ3v) is 4.59. The molecule has 0 amide bonds. The predicted octanol–water partition coefficient (Wildman–Crippen LogP) is 5.35. The first-order valence-electron chi connectivity index (χ1n) is 9.17. The Morgan fingerprint density at radius 1 is 1.00 bits per heavy atom. The van der Waals surface area contributed by atoms with Crippen LogP contribution in [0, 0.1) is 0 Å². The van der Waals surface area contributed by atoms with Crippen molar-refractivity contribution in [3.8, 4) is 11.4 Å². The quantitative estimate of drug-likeness (QED) is 0.483. The van der Waals surface area contributed by atoms with E-state index in [1.54, 1.807) is 6.20 Å². The Hall–Kier alpha value is -3.18. The number of nitrogens with zero attached hydrogens (tertiary/aromatic N) is 4. The van der Waals surface area contributed by atoms with Crippen LogP contribution in [0.3, 0.4) is 0 Å². The molecule has 0 spiro atoms. The summed E-state index contributed by atoms with van der Waals surface area (Å²) in [6.45, 7) is 2.83. The zero-order valence-corrected chi connectivity index (χ0v) is 16.3. The summed E-state index contributed by atoms with van der Waals surface area (Å²) in [6, 6.07) is 19.8. The average molecular weight is 390 g/mol. The number of benzene rings is 2. The summed E-state index contributed by atoms with van der Waals surface area (Å²) in [5, 5.41) is 8.29. The molecule has 2 aromatic heterocycles. The lowest BCUT2D eigenvalue weighted by molar-refractivity contribution is 0.687. The van der Waals surface area contributed by atoms with Crippen molar-refractivity contribution in [2.45, 2.75) is 19.9 Å². The molecular formula is C22H20ClN5. The monoisotopic (exact) mass is 389 g/mol. The molecule has 4 aromatic rings. The van der Waals surface area contributed by atoms with Crippen LogP contribution in [0.15, 0.2) is 73.1 Å². The van der Waals surface area contributed by atoms with E-state index < -0.39 is 0 Å². The van der Waals surface area contributed by atoms with Gasteiger partial charge in [0.15, 0.2) is 5.82 Å². The van der Waals surface area contributed by atoms with Crippen LogP contribution in [0.5, 0.6) is 0 Å². The molecule has 4 rings (SSSR count). The maximum absolute atomic E-state index is 6.13. The number of hydrogen-bond acceptors (Lipinski definition) is 4. The van der Waals surface area contributed by atoms with E-state index in [4.69, 9.17) is 11.6 Å². The van der Waals surface area contributed by atoms with Gasteiger partial charge in [0.25, 0.3) is 0 Å². The fraction of sp³-hybridized carbons (Fsp3) is 0.136. The number of halogens is 1. The van der Waals surface area contributed by atoms with E-state index in [2.05, 4.69) is 39.4 Å². The third-order valence-electron chi connectivity index (χ3n) is 4.35. The summed E-state index contributed by atoms with van der Waals surface area (Å²) in [5.41, 5.74) is 4.04. The Balaban J connectivity index is 1.56. The third kappa shape index (κ3) is 4.38. The summed E-state index contributed by atoms with van der Waals surface area (Å²) in [4.78, 5) is 9.32. The Bertz CT molecular complexity index is 1060. The molecule has 0 saturated heterocycles. The number of nitrogens with one attached hydrogen (secondary N) is 1. The molecule has 0 atom stereocenters. The van der Waals surface area contributed by atoms with E-state index >= 15 is 0 Å². The molecule has 2 aromatic carbocycles. The minimum absolute atomic E-state index is 0.666. The first-order valence-corrected chi connectivity index (χ1v) is 9.54. The lowest BCUT2D eigenvalue weighted by atomic mass is 10.2. The van der Waals surface area contributed by atoms with Crippen LogP contribution in [-0.4, -0.2) is 19.7 Å². The summed E-state index contributed by atoms with van der Waals surface area (Å²) in [6.07, 6.45) is 4.57. The standard InChI is InChI=1S/C22H20ClN5/c1-2-19-14-21(27-22(26-19)17-5-3-6-18(23)13-17)25-20-9-7-16(8-10-20)15-28-12-4-11-24-28/h3-14H,2,15H2,1H3,(H,25,26,27). The lowest BCUT2D eigenvalue weighted by Crippen LogP contribution is -2.02.